The van der Waals surface area contributed by atoms with Gasteiger partial charge in [-0.25, -0.2) is 13.2 Å². The summed E-state index contributed by atoms with van der Waals surface area (Å²) in [4.78, 5) is 28.8. The fourth-order valence-corrected chi connectivity index (χ4v) is 5.44. The molecule has 2 aliphatic rings. The molecule has 2 N–H and O–H groups in total. The minimum absolute atomic E-state index is 0.0266. The molecular formula is C22H25ClN4O4S. The maximum Gasteiger partial charge on any atom is 0.324 e. The lowest BCUT2D eigenvalue weighted by atomic mass is 10.2. The van der Waals surface area contributed by atoms with Gasteiger partial charge in [0.1, 0.15) is 0 Å². The normalized spacial score (nSPS) is 16.7. The molecule has 1 unspecified atom stereocenters. The van der Waals surface area contributed by atoms with Crippen LogP contribution in [0.2, 0.25) is 5.02 Å². The van der Waals surface area contributed by atoms with Crippen LogP contribution < -0.4 is 14.9 Å². The lowest BCUT2D eigenvalue weighted by Gasteiger charge is -2.24. The molecule has 2 aromatic carbocycles. The first kappa shape index (κ1) is 22.6. The van der Waals surface area contributed by atoms with Gasteiger partial charge in [0.25, 0.3) is 0 Å². The first-order valence-corrected chi connectivity index (χ1v) is 12.4. The molecule has 1 atom stereocenters. The van der Waals surface area contributed by atoms with Gasteiger partial charge in [-0.15, -0.1) is 0 Å². The largest absolute Gasteiger partial charge is 0.325 e. The standard InChI is InChI=1S/C22H25ClN4O4S/c1-15(21(28)24-18-6-4-5-17(23)14-18)25-32(30,31)19-7-8-20-16(13-19)9-12-27(20)22(29)26-10-2-3-11-26/h4-8,13-15,25H,2-3,9-12H2,1H3,(H,24,28). The van der Waals surface area contributed by atoms with Crippen molar-refractivity contribution >= 4 is 44.9 Å². The number of anilines is 2. The van der Waals surface area contributed by atoms with Gasteiger partial charge in [0.2, 0.25) is 15.9 Å². The maximum atomic E-state index is 12.9. The van der Waals surface area contributed by atoms with Crippen LogP contribution in [0, 0.1) is 0 Å². The van der Waals surface area contributed by atoms with Crippen molar-refractivity contribution in [3.63, 3.8) is 0 Å². The number of rotatable bonds is 5. The summed E-state index contributed by atoms with van der Waals surface area (Å²) in [5.74, 6) is -0.501. The number of sulfonamides is 1. The summed E-state index contributed by atoms with van der Waals surface area (Å²) in [6.07, 6.45) is 2.61. The van der Waals surface area contributed by atoms with Crippen LogP contribution in [0.25, 0.3) is 0 Å². The number of fused-ring (bicyclic) bond motifs is 1. The van der Waals surface area contributed by atoms with Gasteiger partial charge >= 0.3 is 6.03 Å². The van der Waals surface area contributed by atoms with E-state index >= 15 is 0 Å². The Morgan fingerprint density at radius 1 is 1.06 bits per heavy atom. The van der Waals surface area contributed by atoms with E-state index in [4.69, 9.17) is 11.6 Å². The van der Waals surface area contributed by atoms with Gasteiger partial charge in [0, 0.05) is 36.0 Å². The van der Waals surface area contributed by atoms with Crippen LogP contribution in [0.4, 0.5) is 16.2 Å². The van der Waals surface area contributed by atoms with Gasteiger partial charge in [0.05, 0.1) is 10.9 Å². The molecule has 0 aromatic heterocycles. The quantitative estimate of drug-likeness (QED) is 0.692. The van der Waals surface area contributed by atoms with Crippen LogP contribution in [-0.2, 0) is 21.2 Å². The average molecular weight is 477 g/mol. The number of nitrogens with one attached hydrogen (secondary N) is 2. The van der Waals surface area contributed by atoms with E-state index < -0.39 is 22.0 Å². The molecule has 4 rings (SSSR count). The maximum absolute atomic E-state index is 12.9. The first-order chi connectivity index (χ1) is 15.2. The number of amides is 3. The monoisotopic (exact) mass is 476 g/mol. The van der Waals surface area contributed by atoms with Crippen LogP contribution in [0.3, 0.4) is 0 Å². The van der Waals surface area contributed by atoms with Crippen molar-refractivity contribution in [2.24, 2.45) is 0 Å². The van der Waals surface area contributed by atoms with Crippen LogP contribution in [0.1, 0.15) is 25.3 Å². The molecule has 1 fully saturated rings. The van der Waals surface area contributed by atoms with Crippen molar-refractivity contribution < 1.29 is 18.0 Å². The second-order valence-electron chi connectivity index (χ2n) is 8.01. The number of benzene rings is 2. The van der Waals surface area contributed by atoms with Crippen molar-refractivity contribution in [2.45, 2.75) is 37.1 Å². The number of carbonyl (C=O) groups excluding carboxylic acids is 2. The highest BCUT2D eigenvalue weighted by molar-refractivity contribution is 7.89. The third-order valence-corrected chi connectivity index (χ3v) is 7.46. The van der Waals surface area contributed by atoms with E-state index in [1.807, 2.05) is 4.90 Å². The lowest BCUT2D eigenvalue weighted by Crippen LogP contribution is -2.41. The predicted octanol–water partition coefficient (Wildman–Crippen LogP) is 3.22. The summed E-state index contributed by atoms with van der Waals surface area (Å²) in [6, 6.07) is 10.3. The number of carbonyl (C=O) groups is 2. The molecule has 2 heterocycles. The van der Waals surface area contributed by atoms with Gasteiger partial charge in [-0.1, -0.05) is 17.7 Å². The summed E-state index contributed by atoms with van der Waals surface area (Å²) in [7, 11) is -3.93. The van der Waals surface area contributed by atoms with E-state index in [9.17, 15) is 18.0 Å². The Morgan fingerprint density at radius 3 is 2.53 bits per heavy atom. The molecule has 0 bridgehead atoms. The molecule has 2 aromatic rings. The van der Waals surface area contributed by atoms with Crippen molar-refractivity contribution in [1.82, 2.24) is 9.62 Å². The van der Waals surface area contributed by atoms with E-state index in [1.165, 1.54) is 13.0 Å². The minimum Gasteiger partial charge on any atom is -0.325 e. The van der Waals surface area contributed by atoms with Crippen molar-refractivity contribution in [2.75, 3.05) is 29.9 Å². The Bertz CT molecular complexity index is 1150. The Morgan fingerprint density at radius 2 is 1.81 bits per heavy atom. The Hall–Kier alpha value is -2.62. The summed E-state index contributed by atoms with van der Waals surface area (Å²) >= 11 is 5.92. The first-order valence-electron chi connectivity index (χ1n) is 10.5. The van der Waals surface area contributed by atoms with Crippen LogP contribution in [-0.4, -0.2) is 50.9 Å². The number of hydrogen-bond donors (Lipinski definition) is 2. The number of halogens is 1. The molecular weight excluding hydrogens is 452 g/mol. The van der Waals surface area contributed by atoms with Crippen LogP contribution in [0.15, 0.2) is 47.4 Å². The highest BCUT2D eigenvalue weighted by atomic mass is 35.5. The molecule has 0 radical (unpaired) electrons. The lowest BCUT2D eigenvalue weighted by molar-refractivity contribution is -0.117. The van der Waals surface area contributed by atoms with E-state index in [-0.39, 0.29) is 10.9 Å². The van der Waals surface area contributed by atoms with Gasteiger partial charge < -0.3 is 10.2 Å². The zero-order valence-electron chi connectivity index (χ0n) is 17.7. The van der Waals surface area contributed by atoms with Crippen LogP contribution >= 0.6 is 11.6 Å². The molecule has 8 nitrogen and oxygen atoms in total. The Balaban J connectivity index is 1.45. The predicted molar refractivity (Wildman–Crippen MR) is 124 cm³/mol. The van der Waals surface area contributed by atoms with Crippen molar-refractivity contribution in [1.29, 1.82) is 0 Å². The fraction of sp³-hybridized carbons (Fsp3) is 0.364. The summed E-state index contributed by atoms with van der Waals surface area (Å²) < 4.78 is 28.2. The summed E-state index contributed by atoms with van der Waals surface area (Å²) in [5.41, 5.74) is 2.03. The third-order valence-electron chi connectivity index (χ3n) is 5.68. The minimum atomic E-state index is -3.93. The molecule has 32 heavy (non-hydrogen) atoms. The summed E-state index contributed by atoms with van der Waals surface area (Å²) in [6.45, 7) is 3.52. The molecule has 10 heteroatoms. The van der Waals surface area contributed by atoms with Gasteiger partial charge in [-0.2, -0.15) is 4.72 Å². The number of hydrogen-bond acceptors (Lipinski definition) is 4. The zero-order chi connectivity index (χ0) is 22.9. The average Bonchev–Trinajstić information content (AvgIpc) is 3.42. The highest BCUT2D eigenvalue weighted by Gasteiger charge is 2.31. The molecule has 0 spiro atoms. The number of nitrogens with zero attached hydrogens (tertiary/aromatic N) is 2. The van der Waals surface area contributed by atoms with Crippen molar-refractivity contribution in [3.05, 3.63) is 53.1 Å². The highest BCUT2D eigenvalue weighted by Crippen LogP contribution is 2.31. The second kappa shape index (κ2) is 9.09. The third kappa shape index (κ3) is 4.74. The smallest absolute Gasteiger partial charge is 0.324 e. The Kier molecular flexibility index (Phi) is 6.41. The topological polar surface area (TPSA) is 98.8 Å². The molecule has 1 saturated heterocycles. The van der Waals surface area contributed by atoms with E-state index in [2.05, 4.69) is 10.0 Å². The van der Waals surface area contributed by atoms with Crippen molar-refractivity contribution in [3.8, 4) is 0 Å². The van der Waals surface area contributed by atoms with Crippen LogP contribution in [0.5, 0.6) is 0 Å². The molecule has 0 saturated carbocycles. The van der Waals surface area contributed by atoms with Gasteiger partial charge in [-0.3, -0.25) is 9.69 Å². The summed E-state index contributed by atoms with van der Waals surface area (Å²) in [5, 5.41) is 3.11. The molecule has 170 valence electrons. The Labute approximate surface area is 192 Å². The van der Waals surface area contributed by atoms with Gasteiger partial charge in [-0.05, 0) is 68.1 Å². The molecule has 0 aliphatic carbocycles. The second-order valence-corrected chi connectivity index (χ2v) is 10.2. The van der Waals surface area contributed by atoms with E-state index in [0.29, 0.717) is 23.7 Å². The number of likely N-dealkylation sites (tertiary alicyclic amines) is 1. The number of urea groups is 1. The molecule has 2 aliphatic heterocycles. The molecule has 3 amide bonds. The SMILES string of the molecule is CC(NS(=O)(=O)c1ccc2c(c1)CCN2C(=O)N1CCCC1)C(=O)Nc1cccc(Cl)c1. The van der Waals surface area contributed by atoms with E-state index in [0.717, 1.165) is 37.2 Å². The van der Waals surface area contributed by atoms with Gasteiger partial charge in [0.15, 0.2) is 0 Å². The fourth-order valence-electron chi connectivity index (χ4n) is 3.99. The van der Waals surface area contributed by atoms with E-state index in [1.54, 1.807) is 41.3 Å². The zero-order valence-corrected chi connectivity index (χ0v) is 19.2.